The molecule has 2 saturated heterocycles. The number of nitrogens with one attached hydrogen (secondary N) is 2. The Morgan fingerprint density at radius 3 is 2.41 bits per heavy atom. The van der Waals surface area contributed by atoms with Crippen LogP contribution in [0, 0.1) is 5.82 Å². The fourth-order valence-electron chi connectivity index (χ4n) is 5.12. The molecule has 2 aliphatic rings. The summed E-state index contributed by atoms with van der Waals surface area (Å²) in [5.74, 6) is -1.48. The molecule has 3 aromatic rings. The zero-order valence-electron chi connectivity index (χ0n) is 22.6. The van der Waals surface area contributed by atoms with E-state index >= 15 is 4.39 Å². The molecule has 2 N–H and O–H groups in total. The molecule has 0 aliphatic carbocycles. The van der Waals surface area contributed by atoms with Crippen molar-refractivity contribution in [2.75, 3.05) is 69.7 Å². The summed E-state index contributed by atoms with van der Waals surface area (Å²) in [7, 11) is 1.99. The molecule has 0 atom stereocenters. The quantitative estimate of drug-likeness (QED) is 0.434. The monoisotopic (exact) mass is 573 g/mol. The number of hydrogen-bond donors (Lipinski definition) is 2. The molecule has 1 amide bonds. The van der Waals surface area contributed by atoms with Crippen LogP contribution in [0.1, 0.15) is 21.5 Å². The third kappa shape index (κ3) is 6.77. The Bertz CT molecular complexity index is 1460. The summed E-state index contributed by atoms with van der Waals surface area (Å²) in [5.41, 5.74) is -0.591. The highest BCUT2D eigenvalue weighted by Gasteiger charge is 2.36. The van der Waals surface area contributed by atoms with E-state index in [-0.39, 0.29) is 5.69 Å². The van der Waals surface area contributed by atoms with E-state index in [2.05, 4.69) is 20.1 Å². The fraction of sp³-hybridized carbons (Fsp3) is 0.379. The summed E-state index contributed by atoms with van der Waals surface area (Å²) >= 11 is 0. The summed E-state index contributed by atoms with van der Waals surface area (Å²) < 4.78 is 61.7. The first-order valence-corrected chi connectivity index (χ1v) is 13.4. The predicted molar refractivity (Wildman–Crippen MR) is 148 cm³/mol. The highest BCUT2D eigenvalue weighted by atomic mass is 19.4. The van der Waals surface area contributed by atoms with Gasteiger partial charge in [0.05, 0.1) is 35.7 Å². The van der Waals surface area contributed by atoms with Gasteiger partial charge in [-0.05, 0) is 36.4 Å². The Kier molecular flexibility index (Phi) is 8.43. The second kappa shape index (κ2) is 12.0. The first-order valence-electron chi connectivity index (χ1n) is 13.4. The minimum atomic E-state index is -4.91. The molecule has 2 fully saturated rings. The van der Waals surface area contributed by atoms with Crippen molar-refractivity contribution < 1.29 is 27.1 Å². The molecule has 0 spiro atoms. The van der Waals surface area contributed by atoms with Gasteiger partial charge in [-0.2, -0.15) is 13.2 Å². The predicted octanol–water partition coefficient (Wildman–Crippen LogP) is 4.04. The number of rotatable bonds is 6. The summed E-state index contributed by atoms with van der Waals surface area (Å²) in [4.78, 5) is 33.3. The lowest BCUT2D eigenvalue weighted by molar-refractivity contribution is -0.138. The molecule has 8 nitrogen and oxygen atoms in total. The summed E-state index contributed by atoms with van der Waals surface area (Å²) in [6.45, 7) is 6.18. The van der Waals surface area contributed by atoms with Crippen LogP contribution in [-0.4, -0.2) is 80.2 Å². The number of pyridine rings is 1. The summed E-state index contributed by atoms with van der Waals surface area (Å²) in [6, 6.07) is 10.4. The molecule has 41 heavy (non-hydrogen) atoms. The number of hydrogen-bond acceptors (Lipinski definition) is 6. The SMILES string of the molecule is CN1CCN(c2ccc(-c3ccc(CN4CCOCC4)cc3F)cc2NC(=O)c2c[nH]c(=O)cc2C(F)(F)F)CC1. The highest BCUT2D eigenvalue weighted by Crippen LogP contribution is 2.35. The molecule has 2 aliphatic heterocycles. The van der Waals surface area contributed by atoms with Crippen molar-refractivity contribution in [3.05, 3.63) is 81.5 Å². The van der Waals surface area contributed by atoms with Crippen molar-refractivity contribution in [3.8, 4) is 11.1 Å². The van der Waals surface area contributed by atoms with Crippen LogP contribution in [0.2, 0.25) is 0 Å². The van der Waals surface area contributed by atoms with Gasteiger partial charge in [-0.3, -0.25) is 14.5 Å². The van der Waals surface area contributed by atoms with E-state index < -0.39 is 34.6 Å². The molecule has 1 aromatic heterocycles. The Labute approximate surface area is 234 Å². The van der Waals surface area contributed by atoms with Gasteiger partial charge in [-0.15, -0.1) is 0 Å². The van der Waals surface area contributed by atoms with E-state index in [9.17, 15) is 22.8 Å². The number of benzene rings is 2. The number of likely N-dealkylation sites (N-methyl/N-ethyl adjacent to an activating group) is 1. The second-order valence-corrected chi connectivity index (χ2v) is 10.3. The minimum absolute atomic E-state index is 0.244. The third-order valence-electron chi connectivity index (χ3n) is 7.42. The average Bonchev–Trinajstić information content (AvgIpc) is 2.94. The number of anilines is 2. The van der Waals surface area contributed by atoms with Crippen molar-refractivity contribution in [3.63, 3.8) is 0 Å². The lowest BCUT2D eigenvalue weighted by atomic mass is 10.0. The van der Waals surface area contributed by atoms with E-state index in [1.807, 2.05) is 18.0 Å². The van der Waals surface area contributed by atoms with E-state index in [0.717, 1.165) is 37.9 Å². The number of aromatic amines is 1. The summed E-state index contributed by atoms with van der Waals surface area (Å²) in [6.07, 6.45) is -4.15. The van der Waals surface area contributed by atoms with Gasteiger partial charge in [-0.25, -0.2) is 4.39 Å². The number of carbonyl (C=O) groups is 1. The Balaban J connectivity index is 1.47. The number of nitrogens with zero attached hydrogens (tertiary/aromatic N) is 3. The zero-order valence-corrected chi connectivity index (χ0v) is 22.6. The average molecular weight is 574 g/mol. The lowest BCUT2D eigenvalue weighted by Gasteiger charge is -2.35. The normalized spacial score (nSPS) is 17.0. The summed E-state index contributed by atoms with van der Waals surface area (Å²) in [5, 5.41) is 2.61. The van der Waals surface area contributed by atoms with Crippen molar-refractivity contribution in [1.29, 1.82) is 0 Å². The maximum absolute atomic E-state index is 15.4. The number of H-pyrrole nitrogens is 1. The van der Waals surface area contributed by atoms with E-state index in [1.54, 1.807) is 24.3 Å². The third-order valence-corrected chi connectivity index (χ3v) is 7.42. The maximum atomic E-state index is 15.4. The number of morpholine rings is 1. The molecule has 0 radical (unpaired) electrons. The van der Waals surface area contributed by atoms with Crippen LogP contribution in [0.25, 0.3) is 11.1 Å². The van der Waals surface area contributed by atoms with Crippen LogP contribution in [0.4, 0.5) is 28.9 Å². The van der Waals surface area contributed by atoms with Gasteiger partial charge in [0.1, 0.15) is 5.82 Å². The standard InChI is InChI=1S/C29H31F4N5O3/c1-36-6-8-38(9-7-36)26-5-3-20(21-4-2-19(14-24(21)30)18-37-10-12-41-13-11-37)15-25(26)35-28(40)22-17-34-27(39)16-23(22)29(31,32)33/h2-5,14-17H,6-13,18H2,1H3,(H,34,39)(H,35,40). The first-order chi connectivity index (χ1) is 19.6. The van der Waals surface area contributed by atoms with Crippen molar-refractivity contribution >= 4 is 17.3 Å². The van der Waals surface area contributed by atoms with Crippen LogP contribution in [-0.2, 0) is 17.5 Å². The number of amides is 1. The number of ether oxygens (including phenoxy) is 1. The van der Waals surface area contributed by atoms with Gasteiger partial charge in [0.25, 0.3) is 5.91 Å². The van der Waals surface area contributed by atoms with Gasteiger partial charge >= 0.3 is 6.18 Å². The second-order valence-electron chi connectivity index (χ2n) is 10.3. The smallest absolute Gasteiger partial charge is 0.379 e. The molecular formula is C29H31F4N5O3. The van der Waals surface area contributed by atoms with Crippen molar-refractivity contribution in [2.45, 2.75) is 12.7 Å². The Hall–Kier alpha value is -3.74. The maximum Gasteiger partial charge on any atom is 0.417 e. The van der Waals surface area contributed by atoms with Gasteiger partial charge in [0, 0.05) is 63.6 Å². The molecule has 5 rings (SSSR count). The number of carbonyl (C=O) groups excluding carboxylic acids is 1. The minimum Gasteiger partial charge on any atom is -0.379 e. The molecule has 12 heteroatoms. The molecule has 3 heterocycles. The molecule has 218 valence electrons. The van der Waals surface area contributed by atoms with Crippen LogP contribution in [0.5, 0.6) is 0 Å². The van der Waals surface area contributed by atoms with E-state index in [0.29, 0.717) is 55.7 Å². The van der Waals surface area contributed by atoms with Crippen LogP contribution in [0.15, 0.2) is 53.5 Å². The fourth-order valence-corrected chi connectivity index (χ4v) is 5.12. The highest BCUT2D eigenvalue weighted by molar-refractivity contribution is 6.07. The van der Waals surface area contributed by atoms with Gasteiger partial charge in [0.2, 0.25) is 5.56 Å². The van der Waals surface area contributed by atoms with E-state index in [4.69, 9.17) is 4.74 Å². The molecular weight excluding hydrogens is 542 g/mol. The molecule has 0 unspecified atom stereocenters. The lowest BCUT2D eigenvalue weighted by Crippen LogP contribution is -2.44. The van der Waals surface area contributed by atoms with Gasteiger partial charge < -0.3 is 24.8 Å². The van der Waals surface area contributed by atoms with Crippen LogP contribution < -0.4 is 15.8 Å². The largest absolute Gasteiger partial charge is 0.417 e. The van der Waals surface area contributed by atoms with Gasteiger partial charge in [-0.1, -0.05) is 18.2 Å². The van der Waals surface area contributed by atoms with E-state index in [1.165, 1.54) is 6.07 Å². The Morgan fingerprint density at radius 2 is 1.73 bits per heavy atom. The number of alkyl halides is 3. The molecule has 2 aromatic carbocycles. The zero-order chi connectivity index (χ0) is 29.1. The Morgan fingerprint density at radius 1 is 1.00 bits per heavy atom. The molecule has 0 saturated carbocycles. The molecule has 0 bridgehead atoms. The number of piperazine rings is 1. The van der Waals surface area contributed by atoms with Gasteiger partial charge in [0.15, 0.2) is 0 Å². The van der Waals surface area contributed by atoms with Crippen molar-refractivity contribution in [2.24, 2.45) is 0 Å². The first kappa shape index (κ1) is 28.8. The topological polar surface area (TPSA) is 80.9 Å². The number of halogens is 4. The number of aromatic nitrogens is 1. The van der Waals surface area contributed by atoms with Crippen LogP contribution in [0.3, 0.4) is 0 Å². The van der Waals surface area contributed by atoms with Crippen LogP contribution >= 0.6 is 0 Å². The van der Waals surface area contributed by atoms with Crippen molar-refractivity contribution in [1.82, 2.24) is 14.8 Å².